The number of carboxylic acids is 2. The summed E-state index contributed by atoms with van der Waals surface area (Å²) in [5.74, 6) is -3.08. The standard InChI is InChI=1S/C4H7NO4.Mg/c5-2(4(8)9)1-3(6)7;/h2H,1,5H2,(H,6,7)(H,8,9);/q;+2/p-1. The molecule has 2 N–H and O–H groups in total. The SMILES string of the molecule is NC(CC(=O)[O-])C(=O)[O-].[H+].[Mg+2]. The Morgan fingerprint density at radius 1 is 1.50 bits per heavy atom. The maximum atomic E-state index is 9.71. The van der Waals surface area contributed by atoms with Crippen LogP contribution >= 0.6 is 0 Å². The summed E-state index contributed by atoms with van der Waals surface area (Å²) in [6.07, 6.45) is -0.706. The molecule has 0 rings (SSSR count). The van der Waals surface area contributed by atoms with Crippen molar-refractivity contribution in [1.29, 1.82) is 0 Å². The van der Waals surface area contributed by atoms with E-state index < -0.39 is 24.4 Å². The summed E-state index contributed by atoms with van der Waals surface area (Å²) in [4.78, 5) is 19.3. The first-order valence-electron chi connectivity index (χ1n) is 2.20. The van der Waals surface area contributed by atoms with E-state index >= 15 is 0 Å². The van der Waals surface area contributed by atoms with E-state index in [1.165, 1.54) is 0 Å². The van der Waals surface area contributed by atoms with E-state index in [1.54, 1.807) is 0 Å². The topological polar surface area (TPSA) is 106 Å². The molecule has 0 amide bonds. The second-order valence-electron chi connectivity index (χ2n) is 1.50. The minimum absolute atomic E-state index is 0. The number of hydrogen-bond acceptors (Lipinski definition) is 5. The van der Waals surface area contributed by atoms with Crippen molar-refractivity contribution in [3.8, 4) is 0 Å². The summed E-state index contributed by atoms with van der Waals surface area (Å²) in [6, 6.07) is -1.46. The summed E-state index contributed by atoms with van der Waals surface area (Å²) in [6.45, 7) is 0. The quantitative estimate of drug-likeness (QED) is 0.418. The molecule has 0 aromatic heterocycles. The van der Waals surface area contributed by atoms with Gasteiger partial charge in [0.15, 0.2) is 0 Å². The molecule has 0 aromatic carbocycles. The molecule has 10 heavy (non-hydrogen) atoms. The number of aliphatic carboxylic acids is 2. The van der Waals surface area contributed by atoms with E-state index in [4.69, 9.17) is 5.73 Å². The van der Waals surface area contributed by atoms with Gasteiger partial charge >= 0.3 is 24.5 Å². The minimum atomic E-state index is -1.58. The molecule has 1 unspecified atom stereocenters. The van der Waals surface area contributed by atoms with Crippen molar-refractivity contribution in [2.45, 2.75) is 12.5 Å². The fraction of sp³-hybridized carbons (Fsp3) is 0.500. The summed E-state index contributed by atoms with van der Waals surface area (Å²) in [5, 5.41) is 19.3. The van der Waals surface area contributed by atoms with Gasteiger partial charge in [0.25, 0.3) is 0 Å². The zero-order valence-corrected chi connectivity index (χ0v) is 6.62. The van der Waals surface area contributed by atoms with Crippen LogP contribution in [0.3, 0.4) is 0 Å². The van der Waals surface area contributed by atoms with Gasteiger partial charge in [-0.2, -0.15) is 0 Å². The van der Waals surface area contributed by atoms with E-state index in [1.807, 2.05) is 0 Å². The largest absolute Gasteiger partial charge is 2.00 e. The molecule has 0 heterocycles. The van der Waals surface area contributed by atoms with Gasteiger partial charge in [0.1, 0.15) is 0 Å². The van der Waals surface area contributed by atoms with E-state index in [9.17, 15) is 19.8 Å². The molecule has 1 atom stereocenters. The van der Waals surface area contributed by atoms with Crippen LogP contribution in [0.4, 0.5) is 0 Å². The number of hydrogen-bond donors (Lipinski definition) is 1. The van der Waals surface area contributed by atoms with Gasteiger partial charge in [0.05, 0.1) is 5.97 Å². The van der Waals surface area contributed by atoms with Crippen molar-refractivity contribution in [3.63, 3.8) is 0 Å². The second-order valence-corrected chi connectivity index (χ2v) is 1.50. The summed E-state index contributed by atoms with van der Waals surface area (Å²) < 4.78 is 0. The first kappa shape index (κ1) is 12.4. The summed E-state index contributed by atoms with van der Waals surface area (Å²) in [5.41, 5.74) is 4.73. The molecule has 0 aliphatic carbocycles. The second kappa shape index (κ2) is 5.45. The Morgan fingerprint density at radius 2 is 1.90 bits per heavy atom. The maximum absolute atomic E-state index is 9.71. The van der Waals surface area contributed by atoms with E-state index in [-0.39, 0.29) is 24.5 Å². The molecule has 52 valence electrons. The van der Waals surface area contributed by atoms with Crippen LogP contribution < -0.4 is 15.9 Å². The Bertz CT molecular complexity index is 142. The Balaban J connectivity index is -0.000000320. The van der Waals surface area contributed by atoms with Crippen molar-refractivity contribution >= 4 is 35.0 Å². The number of carboxylic acid groups (broad SMARTS) is 2. The van der Waals surface area contributed by atoms with Crippen molar-refractivity contribution in [2.24, 2.45) is 5.73 Å². The van der Waals surface area contributed by atoms with Crippen LogP contribution in [0.1, 0.15) is 7.85 Å². The van der Waals surface area contributed by atoms with Crippen LogP contribution in [0.15, 0.2) is 0 Å². The molecule has 5 nitrogen and oxygen atoms in total. The average Bonchev–Trinajstić information content (AvgIpc) is 1.63. The van der Waals surface area contributed by atoms with Crippen LogP contribution in [-0.4, -0.2) is 41.0 Å². The Labute approximate surface area is 74.8 Å². The van der Waals surface area contributed by atoms with E-state index in [0.29, 0.717) is 0 Å². The Hall–Kier alpha value is -0.334. The fourth-order valence-corrected chi connectivity index (χ4v) is 0.263. The normalized spacial score (nSPS) is 11.3. The zero-order chi connectivity index (χ0) is 7.44. The molecule has 0 aliphatic rings. The molecule has 0 radical (unpaired) electrons. The molecule has 0 saturated heterocycles. The molecular formula is C4H6MgNO4+. The van der Waals surface area contributed by atoms with Crippen molar-refractivity contribution in [3.05, 3.63) is 0 Å². The van der Waals surface area contributed by atoms with Crippen LogP contribution in [0, 0.1) is 0 Å². The first-order chi connectivity index (χ1) is 4.04. The van der Waals surface area contributed by atoms with Crippen molar-refractivity contribution in [2.75, 3.05) is 0 Å². The molecule has 0 spiro atoms. The molecule has 0 aliphatic heterocycles. The fourth-order valence-electron chi connectivity index (χ4n) is 0.263. The first-order valence-corrected chi connectivity index (χ1v) is 2.20. The average molecular weight is 156 g/mol. The third kappa shape index (κ3) is 5.80. The minimum Gasteiger partial charge on any atom is -0.550 e. The number of rotatable bonds is 3. The van der Waals surface area contributed by atoms with Gasteiger partial charge in [-0.3, -0.25) is 0 Å². The van der Waals surface area contributed by atoms with Crippen molar-refractivity contribution < 1.29 is 21.2 Å². The Kier molecular flexibility index (Phi) is 6.73. The predicted molar refractivity (Wildman–Crippen MR) is 29.5 cm³/mol. The van der Waals surface area contributed by atoms with Gasteiger partial charge in [-0.25, -0.2) is 0 Å². The van der Waals surface area contributed by atoms with Crippen molar-refractivity contribution in [1.82, 2.24) is 0 Å². The number of carbonyl (C=O) groups is 2. The molecule has 0 fully saturated rings. The predicted octanol–water partition coefficient (Wildman–Crippen LogP) is -4.06. The van der Waals surface area contributed by atoms with Gasteiger partial charge < -0.3 is 25.5 Å². The van der Waals surface area contributed by atoms with Crippen LogP contribution in [0.25, 0.3) is 0 Å². The zero-order valence-electron chi connectivity index (χ0n) is 6.20. The van der Waals surface area contributed by atoms with Gasteiger partial charge in [0, 0.05) is 18.4 Å². The Morgan fingerprint density at radius 3 is 2.00 bits per heavy atom. The molecule has 0 aromatic rings. The molecule has 0 bridgehead atoms. The van der Waals surface area contributed by atoms with Gasteiger partial charge in [-0.1, -0.05) is 0 Å². The monoisotopic (exact) mass is 156 g/mol. The molecule has 6 heteroatoms. The number of carbonyl (C=O) groups excluding carboxylic acids is 2. The van der Waals surface area contributed by atoms with E-state index in [0.717, 1.165) is 0 Å². The third-order valence-electron chi connectivity index (χ3n) is 0.689. The maximum Gasteiger partial charge on any atom is 2.00 e. The van der Waals surface area contributed by atoms with Crippen LogP contribution in [0.2, 0.25) is 0 Å². The van der Waals surface area contributed by atoms with Crippen LogP contribution in [0.5, 0.6) is 0 Å². The van der Waals surface area contributed by atoms with Crippen LogP contribution in [-0.2, 0) is 9.59 Å². The van der Waals surface area contributed by atoms with E-state index in [2.05, 4.69) is 0 Å². The van der Waals surface area contributed by atoms with Gasteiger partial charge in [-0.15, -0.1) is 0 Å². The summed E-state index contributed by atoms with van der Waals surface area (Å²) >= 11 is 0. The smallest absolute Gasteiger partial charge is 0.550 e. The van der Waals surface area contributed by atoms with Gasteiger partial charge in [-0.05, 0) is 0 Å². The summed E-state index contributed by atoms with van der Waals surface area (Å²) in [7, 11) is 0. The van der Waals surface area contributed by atoms with Gasteiger partial charge in [0.2, 0.25) is 0 Å². The third-order valence-corrected chi connectivity index (χ3v) is 0.689. The molecular weight excluding hydrogens is 150 g/mol. The molecule has 0 saturated carbocycles. The number of nitrogens with two attached hydrogens (primary N) is 1.